The lowest BCUT2D eigenvalue weighted by Crippen LogP contribution is -2.25. The van der Waals surface area contributed by atoms with Crippen LogP contribution in [0.5, 0.6) is 0 Å². The molecule has 0 aliphatic rings. The fourth-order valence-electron chi connectivity index (χ4n) is 2.09. The van der Waals surface area contributed by atoms with E-state index < -0.39 is 0 Å². The molecule has 116 valence electrons. The van der Waals surface area contributed by atoms with Gasteiger partial charge in [0.15, 0.2) is 0 Å². The Balaban J connectivity index is 1.95. The maximum Gasteiger partial charge on any atom is 0.305 e. The predicted molar refractivity (Wildman–Crippen MR) is 82.9 cm³/mol. The van der Waals surface area contributed by atoms with Gasteiger partial charge in [-0.2, -0.15) is 0 Å². The molecule has 0 aromatic heterocycles. The van der Waals surface area contributed by atoms with E-state index in [9.17, 15) is 9.59 Å². The summed E-state index contributed by atoms with van der Waals surface area (Å²) in [4.78, 5) is 22.5. The lowest BCUT2D eigenvalue weighted by molar-refractivity contribution is -0.140. The highest BCUT2D eigenvalue weighted by molar-refractivity contribution is 5.75. The lowest BCUT2D eigenvalue weighted by Gasteiger charge is -2.05. The van der Waals surface area contributed by atoms with E-state index in [1.807, 2.05) is 18.2 Å². The number of rotatable bonds is 10. The van der Waals surface area contributed by atoms with Crippen molar-refractivity contribution < 1.29 is 14.3 Å². The van der Waals surface area contributed by atoms with Gasteiger partial charge in [0.1, 0.15) is 0 Å². The van der Waals surface area contributed by atoms with Crippen LogP contribution < -0.4 is 5.32 Å². The third-order valence-corrected chi connectivity index (χ3v) is 3.34. The predicted octanol–water partition coefficient (Wildman–Crippen LogP) is 2.86. The number of nitrogens with one attached hydrogen (secondary N) is 1. The molecule has 1 N–H and O–H groups in total. The molecule has 0 aliphatic carbocycles. The minimum Gasteiger partial charge on any atom is -0.469 e. The van der Waals surface area contributed by atoms with Crippen LogP contribution in [0.25, 0.3) is 0 Å². The van der Waals surface area contributed by atoms with Gasteiger partial charge in [-0.3, -0.25) is 9.59 Å². The highest BCUT2D eigenvalue weighted by Gasteiger charge is 2.02. The summed E-state index contributed by atoms with van der Waals surface area (Å²) in [5.41, 5.74) is 1.24. The van der Waals surface area contributed by atoms with Gasteiger partial charge < -0.3 is 10.1 Å². The fraction of sp³-hybridized carbons (Fsp3) is 0.529. The molecule has 0 saturated carbocycles. The van der Waals surface area contributed by atoms with Crippen LogP contribution in [0, 0.1) is 0 Å². The molecule has 0 bridgehead atoms. The summed E-state index contributed by atoms with van der Waals surface area (Å²) in [6.45, 7) is 0.686. The van der Waals surface area contributed by atoms with Crippen LogP contribution in [0.2, 0.25) is 0 Å². The van der Waals surface area contributed by atoms with Crippen LogP contribution in [-0.2, 0) is 20.7 Å². The molecule has 0 atom stereocenters. The Morgan fingerprint density at radius 3 is 2.33 bits per heavy atom. The van der Waals surface area contributed by atoms with Gasteiger partial charge in [0.2, 0.25) is 5.91 Å². The number of ether oxygens (including phenoxy) is 1. The molecule has 1 aromatic carbocycles. The van der Waals surface area contributed by atoms with E-state index >= 15 is 0 Å². The van der Waals surface area contributed by atoms with Crippen molar-refractivity contribution in [1.29, 1.82) is 0 Å². The van der Waals surface area contributed by atoms with Gasteiger partial charge in [0.25, 0.3) is 0 Å². The molecule has 1 aromatic rings. The fourth-order valence-corrected chi connectivity index (χ4v) is 2.09. The zero-order valence-electron chi connectivity index (χ0n) is 12.8. The first-order valence-corrected chi connectivity index (χ1v) is 7.60. The van der Waals surface area contributed by atoms with Crippen molar-refractivity contribution in [2.24, 2.45) is 0 Å². The minimum atomic E-state index is -0.159. The highest BCUT2D eigenvalue weighted by atomic mass is 16.5. The molecule has 0 aliphatic heterocycles. The summed E-state index contributed by atoms with van der Waals surface area (Å²) in [5, 5.41) is 2.94. The maximum atomic E-state index is 11.6. The van der Waals surface area contributed by atoms with Crippen molar-refractivity contribution in [3.8, 4) is 0 Å². The molecule has 0 heterocycles. The molecule has 4 heteroatoms. The lowest BCUT2D eigenvalue weighted by atomic mass is 10.1. The Kier molecular flexibility index (Phi) is 8.93. The number of hydrogen-bond donors (Lipinski definition) is 1. The monoisotopic (exact) mass is 291 g/mol. The zero-order chi connectivity index (χ0) is 15.3. The summed E-state index contributed by atoms with van der Waals surface area (Å²) in [6, 6.07) is 10.1. The van der Waals surface area contributed by atoms with Gasteiger partial charge in [-0.1, -0.05) is 43.2 Å². The standard InChI is InChI=1S/C17H25NO3/c1-21-17(20)12-8-3-2-7-11-16(19)18-14-13-15-9-5-4-6-10-15/h4-6,9-10H,2-3,7-8,11-14H2,1H3,(H,18,19). The number of carbonyl (C=O) groups is 2. The molecule has 0 fully saturated rings. The van der Waals surface area contributed by atoms with Crippen LogP contribution in [0.3, 0.4) is 0 Å². The third-order valence-electron chi connectivity index (χ3n) is 3.34. The second kappa shape index (κ2) is 10.9. The van der Waals surface area contributed by atoms with Crippen molar-refractivity contribution in [2.45, 2.75) is 44.9 Å². The number of methoxy groups -OCH3 is 1. The van der Waals surface area contributed by atoms with Crippen molar-refractivity contribution in [1.82, 2.24) is 5.32 Å². The topological polar surface area (TPSA) is 55.4 Å². The molecule has 1 amide bonds. The van der Waals surface area contributed by atoms with Crippen LogP contribution in [-0.4, -0.2) is 25.5 Å². The number of benzene rings is 1. The molecule has 1 rings (SSSR count). The normalized spacial score (nSPS) is 10.1. The van der Waals surface area contributed by atoms with E-state index in [0.29, 0.717) is 19.4 Å². The summed E-state index contributed by atoms with van der Waals surface area (Å²) in [7, 11) is 1.40. The molecular weight excluding hydrogens is 266 g/mol. The Morgan fingerprint density at radius 2 is 1.67 bits per heavy atom. The summed E-state index contributed by atoms with van der Waals surface area (Å²) in [6.07, 6.45) is 5.55. The van der Waals surface area contributed by atoms with Crippen molar-refractivity contribution >= 4 is 11.9 Å². The Hall–Kier alpha value is -1.84. The average molecular weight is 291 g/mol. The average Bonchev–Trinajstić information content (AvgIpc) is 2.51. The van der Waals surface area contributed by atoms with Gasteiger partial charge >= 0.3 is 5.97 Å². The van der Waals surface area contributed by atoms with Crippen molar-refractivity contribution in [3.63, 3.8) is 0 Å². The van der Waals surface area contributed by atoms with Gasteiger partial charge in [0.05, 0.1) is 7.11 Å². The summed E-state index contributed by atoms with van der Waals surface area (Å²) in [5.74, 6) is -0.0486. The second-order valence-electron chi connectivity index (χ2n) is 5.08. The largest absolute Gasteiger partial charge is 0.469 e. The van der Waals surface area contributed by atoms with E-state index in [0.717, 1.165) is 32.1 Å². The Labute approximate surface area is 126 Å². The summed E-state index contributed by atoms with van der Waals surface area (Å²) < 4.78 is 4.57. The number of unbranched alkanes of at least 4 members (excludes halogenated alkanes) is 3. The van der Waals surface area contributed by atoms with Crippen LogP contribution >= 0.6 is 0 Å². The zero-order valence-corrected chi connectivity index (χ0v) is 12.8. The van der Waals surface area contributed by atoms with Crippen LogP contribution in [0.4, 0.5) is 0 Å². The first-order chi connectivity index (χ1) is 10.2. The number of carbonyl (C=O) groups excluding carboxylic acids is 2. The minimum absolute atomic E-state index is 0.110. The SMILES string of the molecule is COC(=O)CCCCCCC(=O)NCCc1ccccc1. The van der Waals surface area contributed by atoms with Crippen molar-refractivity contribution in [3.05, 3.63) is 35.9 Å². The van der Waals surface area contributed by atoms with Gasteiger partial charge in [-0.05, 0) is 24.8 Å². The first-order valence-electron chi connectivity index (χ1n) is 7.60. The van der Waals surface area contributed by atoms with E-state index in [2.05, 4.69) is 22.2 Å². The molecule has 0 unspecified atom stereocenters. The van der Waals surface area contributed by atoms with Crippen LogP contribution in [0.15, 0.2) is 30.3 Å². The molecule has 21 heavy (non-hydrogen) atoms. The highest BCUT2D eigenvalue weighted by Crippen LogP contribution is 2.06. The molecule has 0 radical (unpaired) electrons. The molecule has 0 spiro atoms. The van der Waals surface area contributed by atoms with E-state index in [1.165, 1.54) is 12.7 Å². The Morgan fingerprint density at radius 1 is 1.00 bits per heavy atom. The number of hydrogen-bond acceptors (Lipinski definition) is 3. The molecule has 4 nitrogen and oxygen atoms in total. The van der Waals surface area contributed by atoms with E-state index in [-0.39, 0.29) is 11.9 Å². The summed E-state index contributed by atoms with van der Waals surface area (Å²) >= 11 is 0. The second-order valence-corrected chi connectivity index (χ2v) is 5.08. The van der Waals surface area contributed by atoms with E-state index in [1.54, 1.807) is 0 Å². The Bertz CT molecular complexity index is 417. The molecule has 0 saturated heterocycles. The van der Waals surface area contributed by atoms with Gasteiger partial charge in [-0.15, -0.1) is 0 Å². The van der Waals surface area contributed by atoms with Crippen LogP contribution in [0.1, 0.15) is 44.1 Å². The smallest absolute Gasteiger partial charge is 0.305 e. The quantitative estimate of drug-likeness (QED) is 0.533. The van der Waals surface area contributed by atoms with Gasteiger partial charge in [-0.25, -0.2) is 0 Å². The van der Waals surface area contributed by atoms with Crippen molar-refractivity contribution in [2.75, 3.05) is 13.7 Å². The third kappa shape index (κ3) is 8.84. The van der Waals surface area contributed by atoms with Gasteiger partial charge in [0, 0.05) is 19.4 Å². The van der Waals surface area contributed by atoms with E-state index in [4.69, 9.17) is 0 Å². The maximum absolute atomic E-state index is 11.6. The molecular formula is C17H25NO3. The number of amides is 1. The number of esters is 1. The first kappa shape index (κ1) is 17.2.